The SMILES string of the molecule is CC/C=C\C/C=C\C/C=C\C/C=C\CCCCCCC(=O)OCC(COC1OC(C(=O)O)C(O)C(O)C1O)OC(=O)CCCCCCC/C=C\CCCCCCCC. The number of carboxylic acids is 1. The van der Waals surface area contributed by atoms with Gasteiger partial charge in [0.2, 0.25) is 0 Å². The Morgan fingerprint density at radius 2 is 1.02 bits per heavy atom. The maximum Gasteiger partial charge on any atom is 0.335 e. The molecule has 1 rings (SSSR count). The summed E-state index contributed by atoms with van der Waals surface area (Å²) >= 11 is 0. The number of carboxylic acid groups (broad SMARTS) is 1. The first-order valence-corrected chi connectivity index (χ1v) is 22.3. The van der Waals surface area contributed by atoms with Crippen LogP contribution in [0, 0.1) is 0 Å². The minimum Gasteiger partial charge on any atom is -0.479 e. The first-order chi connectivity index (χ1) is 28.2. The van der Waals surface area contributed by atoms with Crippen LogP contribution in [0.15, 0.2) is 60.8 Å². The van der Waals surface area contributed by atoms with E-state index in [1.54, 1.807) is 0 Å². The molecular weight excluding hydrogens is 741 g/mol. The third-order valence-corrected chi connectivity index (χ3v) is 9.85. The summed E-state index contributed by atoms with van der Waals surface area (Å²) in [5.41, 5.74) is 0. The lowest BCUT2D eigenvalue weighted by molar-refractivity contribution is -0.298. The summed E-state index contributed by atoms with van der Waals surface area (Å²) < 4.78 is 21.7. The van der Waals surface area contributed by atoms with Crippen LogP contribution in [0.4, 0.5) is 0 Å². The Labute approximate surface area is 349 Å². The lowest BCUT2D eigenvalue weighted by Crippen LogP contribution is -2.60. The van der Waals surface area contributed by atoms with E-state index in [9.17, 15) is 34.8 Å². The zero-order chi connectivity index (χ0) is 42.5. The van der Waals surface area contributed by atoms with Crippen LogP contribution in [0.2, 0.25) is 0 Å². The molecule has 1 aliphatic heterocycles. The largest absolute Gasteiger partial charge is 0.479 e. The highest BCUT2D eigenvalue weighted by atomic mass is 16.7. The van der Waals surface area contributed by atoms with Crippen molar-refractivity contribution < 1.29 is 53.8 Å². The van der Waals surface area contributed by atoms with Crippen molar-refractivity contribution in [2.45, 2.75) is 205 Å². The Bertz CT molecular complexity index is 1190. The van der Waals surface area contributed by atoms with E-state index in [1.807, 2.05) is 0 Å². The molecule has 0 aromatic heterocycles. The van der Waals surface area contributed by atoms with E-state index in [2.05, 4.69) is 74.6 Å². The molecule has 0 saturated carbocycles. The lowest BCUT2D eigenvalue weighted by Gasteiger charge is -2.38. The molecule has 11 heteroatoms. The second kappa shape index (κ2) is 36.9. The molecular formula is C47H78O11. The Morgan fingerprint density at radius 1 is 0.552 bits per heavy atom. The Hall–Kier alpha value is -3.09. The van der Waals surface area contributed by atoms with Crippen LogP contribution in [-0.4, -0.2) is 88.4 Å². The predicted octanol–water partition coefficient (Wildman–Crippen LogP) is 9.53. The number of allylic oxidation sites excluding steroid dienone is 10. The van der Waals surface area contributed by atoms with Gasteiger partial charge >= 0.3 is 17.9 Å². The zero-order valence-electron chi connectivity index (χ0n) is 35.8. The number of esters is 2. The van der Waals surface area contributed by atoms with Crippen LogP contribution in [-0.2, 0) is 33.3 Å². The minimum absolute atomic E-state index is 0.165. The third kappa shape index (κ3) is 28.4. The van der Waals surface area contributed by atoms with E-state index in [4.69, 9.17) is 18.9 Å². The highest BCUT2D eigenvalue weighted by Crippen LogP contribution is 2.23. The van der Waals surface area contributed by atoms with Gasteiger partial charge in [-0.1, -0.05) is 139 Å². The minimum atomic E-state index is -1.87. The highest BCUT2D eigenvalue weighted by Gasteiger charge is 2.47. The summed E-state index contributed by atoms with van der Waals surface area (Å²) in [4.78, 5) is 36.8. The van der Waals surface area contributed by atoms with Crippen molar-refractivity contribution in [1.82, 2.24) is 0 Å². The van der Waals surface area contributed by atoms with E-state index in [1.165, 1.54) is 38.5 Å². The van der Waals surface area contributed by atoms with Gasteiger partial charge in [0.15, 0.2) is 18.5 Å². The Morgan fingerprint density at radius 3 is 1.55 bits per heavy atom. The number of aliphatic carboxylic acids is 1. The molecule has 1 saturated heterocycles. The molecule has 6 atom stereocenters. The van der Waals surface area contributed by atoms with Crippen molar-refractivity contribution in [3.63, 3.8) is 0 Å². The molecule has 1 fully saturated rings. The number of hydrogen-bond donors (Lipinski definition) is 4. The summed E-state index contributed by atoms with van der Waals surface area (Å²) in [5.74, 6) is -2.49. The summed E-state index contributed by atoms with van der Waals surface area (Å²) in [6.07, 6.45) is 35.5. The molecule has 4 N–H and O–H groups in total. The molecule has 1 aliphatic rings. The molecule has 0 spiro atoms. The van der Waals surface area contributed by atoms with Gasteiger partial charge in [-0.25, -0.2) is 4.79 Å². The average Bonchev–Trinajstić information content (AvgIpc) is 3.21. The van der Waals surface area contributed by atoms with E-state index >= 15 is 0 Å². The van der Waals surface area contributed by atoms with Gasteiger partial charge in [-0.3, -0.25) is 9.59 Å². The molecule has 0 aliphatic carbocycles. The smallest absolute Gasteiger partial charge is 0.335 e. The van der Waals surface area contributed by atoms with E-state index < -0.39 is 61.3 Å². The van der Waals surface area contributed by atoms with Gasteiger partial charge in [0.25, 0.3) is 0 Å². The quantitative estimate of drug-likeness (QED) is 0.0270. The fourth-order valence-electron chi connectivity index (χ4n) is 6.33. The van der Waals surface area contributed by atoms with Gasteiger partial charge in [0.05, 0.1) is 6.61 Å². The van der Waals surface area contributed by atoms with E-state index in [-0.39, 0.29) is 19.4 Å². The van der Waals surface area contributed by atoms with Gasteiger partial charge in [0.1, 0.15) is 24.9 Å². The predicted molar refractivity (Wildman–Crippen MR) is 229 cm³/mol. The number of ether oxygens (including phenoxy) is 4. The second-order valence-electron chi connectivity index (χ2n) is 15.2. The number of carbonyl (C=O) groups excluding carboxylic acids is 2. The summed E-state index contributed by atoms with van der Waals surface area (Å²) in [6.45, 7) is 3.66. The number of rotatable bonds is 36. The van der Waals surface area contributed by atoms with Crippen molar-refractivity contribution in [3.8, 4) is 0 Å². The van der Waals surface area contributed by atoms with Crippen molar-refractivity contribution in [2.24, 2.45) is 0 Å². The molecule has 0 radical (unpaired) electrons. The summed E-state index contributed by atoms with van der Waals surface area (Å²) in [5, 5.41) is 39.8. The number of hydrogen-bond acceptors (Lipinski definition) is 10. The molecule has 1 heterocycles. The van der Waals surface area contributed by atoms with E-state index in [0.717, 1.165) is 89.9 Å². The summed E-state index contributed by atoms with van der Waals surface area (Å²) in [7, 11) is 0. The molecule has 332 valence electrons. The first-order valence-electron chi connectivity index (χ1n) is 22.3. The normalized spacial score (nSPS) is 20.6. The number of aliphatic hydroxyl groups excluding tert-OH is 3. The van der Waals surface area contributed by atoms with Crippen molar-refractivity contribution >= 4 is 17.9 Å². The first kappa shape index (κ1) is 52.9. The summed E-state index contributed by atoms with van der Waals surface area (Å²) in [6, 6.07) is 0. The number of aliphatic hydroxyl groups is 3. The van der Waals surface area contributed by atoms with Crippen LogP contribution in [0.3, 0.4) is 0 Å². The van der Waals surface area contributed by atoms with Crippen LogP contribution in [0.25, 0.3) is 0 Å². The van der Waals surface area contributed by atoms with Gasteiger partial charge in [-0.15, -0.1) is 0 Å². The molecule has 0 aromatic carbocycles. The third-order valence-electron chi connectivity index (χ3n) is 9.85. The maximum absolute atomic E-state index is 12.8. The Balaban J connectivity index is 2.40. The molecule has 0 aromatic rings. The fourth-order valence-corrected chi connectivity index (χ4v) is 6.33. The molecule has 0 amide bonds. The standard InChI is InChI=1S/C47H78O11/c1-3-5-7-9-11-13-15-17-19-20-22-23-25-27-29-31-33-35-40(48)55-37-39(38-56-47-44(52)42(50)43(51)45(58-47)46(53)54)57-41(49)36-34-32-30-28-26-24-21-18-16-14-12-10-8-6-4-2/h5,7,11,13,17-19,21-23,39,42-45,47,50-52H,3-4,6,8-10,12,14-16,20,24-38H2,1-2H3,(H,53,54)/b7-5-,13-11-,19-17-,21-18-,23-22-. The van der Waals surface area contributed by atoms with E-state index in [0.29, 0.717) is 12.8 Å². The van der Waals surface area contributed by atoms with Gasteiger partial charge in [0, 0.05) is 12.8 Å². The molecule has 0 bridgehead atoms. The van der Waals surface area contributed by atoms with Crippen LogP contribution in [0.1, 0.15) is 168 Å². The van der Waals surface area contributed by atoms with Crippen molar-refractivity contribution in [1.29, 1.82) is 0 Å². The van der Waals surface area contributed by atoms with Gasteiger partial charge in [-0.05, 0) is 77.0 Å². The van der Waals surface area contributed by atoms with Crippen LogP contribution in [0.5, 0.6) is 0 Å². The van der Waals surface area contributed by atoms with Crippen molar-refractivity contribution in [2.75, 3.05) is 13.2 Å². The highest BCUT2D eigenvalue weighted by molar-refractivity contribution is 5.73. The van der Waals surface area contributed by atoms with Crippen LogP contribution < -0.4 is 0 Å². The number of carbonyl (C=O) groups is 3. The number of unbranched alkanes of at least 4 members (excludes halogenated alkanes) is 15. The second-order valence-corrected chi connectivity index (χ2v) is 15.2. The maximum atomic E-state index is 12.8. The van der Waals surface area contributed by atoms with Crippen LogP contribution >= 0.6 is 0 Å². The lowest BCUT2D eigenvalue weighted by atomic mass is 9.99. The average molecular weight is 819 g/mol. The topological polar surface area (TPSA) is 169 Å². The zero-order valence-corrected chi connectivity index (χ0v) is 35.8. The van der Waals surface area contributed by atoms with Gasteiger partial charge in [-0.2, -0.15) is 0 Å². The van der Waals surface area contributed by atoms with Crippen molar-refractivity contribution in [3.05, 3.63) is 60.8 Å². The van der Waals surface area contributed by atoms with Gasteiger partial charge < -0.3 is 39.4 Å². The molecule has 11 nitrogen and oxygen atoms in total. The Kier molecular flexibility index (Phi) is 33.7. The fraction of sp³-hybridized carbons (Fsp3) is 0.723. The monoisotopic (exact) mass is 819 g/mol. The molecule has 58 heavy (non-hydrogen) atoms. The molecule has 6 unspecified atom stereocenters.